The van der Waals surface area contributed by atoms with Gasteiger partial charge in [-0.1, -0.05) is 12.1 Å². The second-order valence-electron chi connectivity index (χ2n) is 7.22. The molecule has 11 heteroatoms. The smallest absolute Gasteiger partial charge is 0.414 e. The molecule has 2 amide bonds. The molecule has 0 saturated carbocycles. The number of aromatic amines is 1. The van der Waals surface area contributed by atoms with Crippen molar-refractivity contribution in [3.05, 3.63) is 92.1 Å². The quantitative estimate of drug-likeness (QED) is 0.277. The van der Waals surface area contributed by atoms with E-state index in [0.717, 1.165) is 0 Å². The zero-order chi connectivity index (χ0) is 24.2. The highest BCUT2D eigenvalue weighted by Crippen LogP contribution is 2.27. The van der Waals surface area contributed by atoms with Gasteiger partial charge in [0.2, 0.25) is 0 Å². The molecule has 0 radical (unpaired) electrons. The zero-order valence-electron chi connectivity index (χ0n) is 17.8. The van der Waals surface area contributed by atoms with Gasteiger partial charge < -0.3 is 24.5 Å². The topological polar surface area (TPSA) is 164 Å². The molecule has 0 fully saturated rings. The molecular formula is C23H18N4O7. The number of Topliss-reactive ketones (excluding diaryl/α,β-unsaturated/α-hetero) is 1. The molecule has 0 spiro atoms. The van der Waals surface area contributed by atoms with Crippen molar-refractivity contribution in [3.8, 4) is 0 Å². The van der Waals surface area contributed by atoms with E-state index in [4.69, 9.17) is 8.83 Å². The van der Waals surface area contributed by atoms with Gasteiger partial charge in [-0.3, -0.25) is 14.4 Å². The standard InChI is InChI=1S/C23H18N4O7/c1-12(28)13-2-4-14(5-3-13)20(29)27-18-15(21(30)26-9-8-17-24-10-11-25-17)6-7-16-19(18)34-23(32)22(31)33-16/h2-7,10-11H,8-9H2,1H3,(H,24,25)(H,26,30)(H,27,29). The van der Waals surface area contributed by atoms with E-state index < -0.39 is 23.1 Å². The predicted molar refractivity (Wildman–Crippen MR) is 120 cm³/mol. The number of H-pyrrole nitrogens is 1. The summed E-state index contributed by atoms with van der Waals surface area (Å²) in [6.45, 7) is 1.63. The number of ketones is 1. The van der Waals surface area contributed by atoms with Gasteiger partial charge in [-0.15, -0.1) is 0 Å². The fraction of sp³-hybridized carbons (Fsp3) is 0.130. The van der Waals surface area contributed by atoms with E-state index in [-0.39, 0.29) is 40.3 Å². The highest BCUT2D eigenvalue weighted by molar-refractivity contribution is 6.13. The Labute approximate surface area is 190 Å². The molecule has 2 heterocycles. The molecule has 2 aromatic heterocycles. The largest absolute Gasteiger partial charge is 0.423 e. The lowest BCUT2D eigenvalue weighted by atomic mass is 10.1. The van der Waals surface area contributed by atoms with Crippen LogP contribution in [0.15, 0.2) is 67.2 Å². The number of nitrogens with zero attached hydrogens (tertiary/aromatic N) is 1. The number of nitrogens with one attached hydrogen (secondary N) is 3. The number of aromatic nitrogens is 2. The van der Waals surface area contributed by atoms with Crippen molar-refractivity contribution in [2.45, 2.75) is 13.3 Å². The molecule has 0 atom stereocenters. The van der Waals surface area contributed by atoms with Crippen LogP contribution in [-0.2, 0) is 6.42 Å². The lowest BCUT2D eigenvalue weighted by Crippen LogP contribution is -2.28. The number of hydrogen-bond donors (Lipinski definition) is 3. The Bertz CT molecular complexity index is 1500. The van der Waals surface area contributed by atoms with E-state index in [1.807, 2.05) is 0 Å². The minimum absolute atomic E-state index is 0.0161. The Kier molecular flexibility index (Phi) is 6.17. The molecule has 4 rings (SSSR count). The molecule has 0 aliphatic heterocycles. The van der Waals surface area contributed by atoms with Gasteiger partial charge in [0.05, 0.1) is 5.56 Å². The van der Waals surface area contributed by atoms with Gasteiger partial charge in [0.1, 0.15) is 11.5 Å². The lowest BCUT2D eigenvalue weighted by molar-refractivity contribution is 0.0953. The normalized spacial score (nSPS) is 10.7. The number of carbonyl (C=O) groups excluding carboxylic acids is 3. The molecule has 172 valence electrons. The van der Waals surface area contributed by atoms with Crippen molar-refractivity contribution in [1.82, 2.24) is 15.3 Å². The van der Waals surface area contributed by atoms with Crippen molar-refractivity contribution in [1.29, 1.82) is 0 Å². The molecule has 0 unspecified atom stereocenters. The number of rotatable bonds is 7. The summed E-state index contributed by atoms with van der Waals surface area (Å²) in [4.78, 5) is 67.6. The predicted octanol–water partition coefficient (Wildman–Crippen LogP) is 1.90. The highest BCUT2D eigenvalue weighted by atomic mass is 16.5. The van der Waals surface area contributed by atoms with E-state index in [9.17, 15) is 24.0 Å². The minimum atomic E-state index is -1.29. The van der Waals surface area contributed by atoms with Crippen LogP contribution in [0.4, 0.5) is 5.69 Å². The van der Waals surface area contributed by atoms with Gasteiger partial charge in [-0.05, 0) is 31.2 Å². The molecule has 0 aliphatic rings. The fourth-order valence-corrected chi connectivity index (χ4v) is 3.20. The van der Waals surface area contributed by atoms with Crippen molar-refractivity contribution in [3.63, 3.8) is 0 Å². The third kappa shape index (κ3) is 4.67. The van der Waals surface area contributed by atoms with Crippen LogP contribution >= 0.6 is 0 Å². The summed E-state index contributed by atoms with van der Waals surface area (Å²) in [7, 11) is 0. The molecule has 3 N–H and O–H groups in total. The van der Waals surface area contributed by atoms with Crippen molar-refractivity contribution in [2.75, 3.05) is 11.9 Å². The first kappa shape index (κ1) is 22.4. The van der Waals surface area contributed by atoms with Crippen LogP contribution in [0.1, 0.15) is 43.8 Å². The number of benzene rings is 2. The Morgan fingerprint density at radius 1 is 0.941 bits per heavy atom. The summed E-state index contributed by atoms with van der Waals surface area (Å²) in [6, 6.07) is 8.48. The molecule has 2 aromatic carbocycles. The second-order valence-corrected chi connectivity index (χ2v) is 7.22. The maximum Gasteiger partial charge on any atom is 0.423 e. The van der Waals surface area contributed by atoms with E-state index in [1.54, 1.807) is 12.4 Å². The number of carbonyl (C=O) groups is 3. The van der Waals surface area contributed by atoms with Crippen LogP contribution in [0.2, 0.25) is 0 Å². The molecule has 34 heavy (non-hydrogen) atoms. The number of hydrogen-bond acceptors (Lipinski definition) is 8. The zero-order valence-corrected chi connectivity index (χ0v) is 17.8. The van der Waals surface area contributed by atoms with E-state index in [2.05, 4.69) is 20.6 Å². The van der Waals surface area contributed by atoms with Gasteiger partial charge in [-0.25, -0.2) is 14.6 Å². The number of anilines is 1. The van der Waals surface area contributed by atoms with Gasteiger partial charge in [-0.2, -0.15) is 0 Å². The number of amides is 2. The Morgan fingerprint density at radius 3 is 2.32 bits per heavy atom. The van der Waals surface area contributed by atoms with Crippen LogP contribution in [0.25, 0.3) is 11.2 Å². The molecular weight excluding hydrogens is 444 g/mol. The number of fused-ring (bicyclic) bond motifs is 1. The third-order valence-corrected chi connectivity index (χ3v) is 4.92. The van der Waals surface area contributed by atoms with Gasteiger partial charge in [0.25, 0.3) is 11.8 Å². The van der Waals surface area contributed by atoms with Gasteiger partial charge in [0.15, 0.2) is 16.9 Å². The second kappa shape index (κ2) is 9.36. The summed E-state index contributed by atoms with van der Waals surface area (Å²) in [5.41, 5.74) is -2.45. The average Bonchev–Trinajstić information content (AvgIpc) is 3.34. The maximum absolute atomic E-state index is 12.9. The summed E-state index contributed by atoms with van der Waals surface area (Å²) in [5.74, 6) is -0.689. The van der Waals surface area contributed by atoms with Crippen molar-refractivity contribution < 1.29 is 23.2 Å². The SMILES string of the molecule is CC(=O)c1ccc(C(=O)Nc2c(C(=O)NCCc3ncc[nH]3)ccc3oc(=O)c(=O)oc23)cc1. The van der Waals surface area contributed by atoms with Crippen molar-refractivity contribution in [2.24, 2.45) is 0 Å². The first-order valence-corrected chi connectivity index (χ1v) is 10.1. The van der Waals surface area contributed by atoms with Crippen LogP contribution in [0.3, 0.4) is 0 Å². The van der Waals surface area contributed by atoms with Crippen LogP contribution in [-0.4, -0.2) is 34.1 Å². The summed E-state index contributed by atoms with van der Waals surface area (Å²) in [6.07, 6.45) is 3.68. The van der Waals surface area contributed by atoms with E-state index in [1.165, 1.54) is 43.3 Å². The van der Waals surface area contributed by atoms with Gasteiger partial charge >= 0.3 is 11.3 Å². The molecule has 0 bridgehead atoms. The van der Waals surface area contributed by atoms with E-state index in [0.29, 0.717) is 17.8 Å². The van der Waals surface area contributed by atoms with E-state index >= 15 is 0 Å². The third-order valence-electron chi connectivity index (χ3n) is 4.92. The van der Waals surface area contributed by atoms with Gasteiger partial charge in [0, 0.05) is 36.5 Å². The molecule has 0 saturated heterocycles. The monoisotopic (exact) mass is 462 g/mol. The first-order valence-electron chi connectivity index (χ1n) is 10.1. The molecule has 11 nitrogen and oxygen atoms in total. The summed E-state index contributed by atoms with van der Waals surface area (Å²) >= 11 is 0. The minimum Gasteiger partial charge on any atom is -0.414 e. The lowest BCUT2D eigenvalue weighted by Gasteiger charge is -2.13. The van der Waals surface area contributed by atoms with Crippen molar-refractivity contribution >= 4 is 34.5 Å². The molecule has 4 aromatic rings. The van der Waals surface area contributed by atoms with Crippen LogP contribution < -0.4 is 21.9 Å². The summed E-state index contributed by atoms with van der Waals surface area (Å²) < 4.78 is 9.98. The highest BCUT2D eigenvalue weighted by Gasteiger charge is 2.21. The average molecular weight is 462 g/mol. The fourth-order valence-electron chi connectivity index (χ4n) is 3.20. The molecule has 0 aliphatic carbocycles. The van der Waals surface area contributed by atoms with Crippen LogP contribution in [0.5, 0.6) is 0 Å². The summed E-state index contributed by atoms with van der Waals surface area (Å²) in [5, 5.41) is 5.25. The Morgan fingerprint density at radius 2 is 1.65 bits per heavy atom. The Hall–Kier alpha value is -4.80. The maximum atomic E-state index is 12.9. The van der Waals surface area contributed by atoms with Crippen LogP contribution in [0, 0.1) is 0 Å². The number of imidazole rings is 1. The Balaban J connectivity index is 1.68. The first-order chi connectivity index (χ1) is 16.3.